The van der Waals surface area contributed by atoms with Crippen LogP contribution < -0.4 is 0 Å². The molecule has 0 aromatic carbocycles. The number of fused-ring (bicyclic) bond motifs is 1. The minimum Gasteiger partial charge on any atom is -0.481 e. The van der Waals surface area contributed by atoms with Crippen molar-refractivity contribution in [1.82, 2.24) is 0 Å². The molecule has 0 amide bonds. The molecule has 0 aromatic heterocycles. The van der Waals surface area contributed by atoms with Gasteiger partial charge in [0.15, 0.2) is 0 Å². The lowest BCUT2D eigenvalue weighted by molar-refractivity contribution is -0.163. The summed E-state index contributed by atoms with van der Waals surface area (Å²) in [5.74, 6) is -1.85. The van der Waals surface area contributed by atoms with E-state index in [1.807, 2.05) is 0 Å². The van der Waals surface area contributed by atoms with Gasteiger partial charge in [-0.2, -0.15) is 0 Å². The standard InChI is InChI=1S/C12H18O4/c13-10(14)8-4-5-9-3-1-2-6-12(9,7-8)11(15)16/h8-9H,1-7H2,(H,13,14)(H,15,16). The Kier molecular flexibility index (Phi) is 2.91. The maximum Gasteiger partial charge on any atom is 0.309 e. The molecule has 0 aliphatic heterocycles. The van der Waals surface area contributed by atoms with Crippen LogP contribution in [0.1, 0.15) is 44.9 Å². The highest BCUT2D eigenvalue weighted by Crippen LogP contribution is 2.52. The van der Waals surface area contributed by atoms with Gasteiger partial charge in [-0.05, 0) is 38.0 Å². The summed E-state index contributed by atoms with van der Waals surface area (Å²) in [6.45, 7) is 0. The van der Waals surface area contributed by atoms with E-state index in [4.69, 9.17) is 5.11 Å². The van der Waals surface area contributed by atoms with E-state index in [0.29, 0.717) is 19.3 Å². The van der Waals surface area contributed by atoms with Crippen LogP contribution in [-0.4, -0.2) is 22.2 Å². The van der Waals surface area contributed by atoms with E-state index >= 15 is 0 Å². The summed E-state index contributed by atoms with van der Waals surface area (Å²) in [5.41, 5.74) is -0.737. The zero-order valence-corrected chi connectivity index (χ0v) is 9.32. The molecule has 2 fully saturated rings. The maximum atomic E-state index is 11.5. The summed E-state index contributed by atoms with van der Waals surface area (Å²) in [6.07, 6.45) is 5.39. The van der Waals surface area contributed by atoms with E-state index < -0.39 is 23.3 Å². The van der Waals surface area contributed by atoms with Crippen molar-refractivity contribution in [2.45, 2.75) is 44.9 Å². The fourth-order valence-corrected chi connectivity index (χ4v) is 3.52. The molecule has 2 rings (SSSR count). The topological polar surface area (TPSA) is 74.6 Å². The molecule has 3 atom stereocenters. The van der Waals surface area contributed by atoms with Crippen LogP contribution in [0.4, 0.5) is 0 Å². The zero-order chi connectivity index (χ0) is 11.8. The largest absolute Gasteiger partial charge is 0.481 e. The van der Waals surface area contributed by atoms with Gasteiger partial charge < -0.3 is 10.2 Å². The first-order chi connectivity index (χ1) is 7.56. The van der Waals surface area contributed by atoms with E-state index in [1.54, 1.807) is 0 Å². The van der Waals surface area contributed by atoms with E-state index in [0.717, 1.165) is 25.7 Å². The van der Waals surface area contributed by atoms with Crippen LogP contribution >= 0.6 is 0 Å². The molecule has 0 heterocycles. The SMILES string of the molecule is O=C(O)C1CCC2CCCCC2(C(=O)O)C1. The Bertz CT molecular complexity index is 312. The Labute approximate surface area is 94.7 Å². The fourth-order valence-electron chi connectivity index (χ4n) is 3.52. The van der Waals surface area contributed by atoms with Crippen molar-refractivity contribution in [3.8, 4) is 0 Å². The van der Waals surface area contributed by atoms with Gasteiger partial charge in [-0.15, -0.1) is 0 Å². The van der Waals surface area contributed by atoms with E-state index in [2.05, 4.69) is 0 Å². The first-order valence-corrected chi connectivity index (χ1v) is 6.02. The number of aliphatic carboxylic acids is 2. The average molecular weight is 226 g/mol. The third kappa shape index (κ3) is 1.70. The number of hydrogen-bond donors (Lipinski definition) is 2. The highest BCUT2D eigenvalue weighted by Gasteiger charge is 2.51. The molecule has 2 saturated carbocycles. The van der Waals surface area contributed by atoms with Gasteiger partial charge in [0.05, 0.1) is 11.3 Å². The first-order valence-electron chi connectivity index (χ1n) is 6.02. The van der Waals surface area contributed by atoms with Crippen LogP contribution in [0.25, 0.3) is 0 Å². The van der Waals surface area contributed by atoms with Crippen LogP contribution in [0, 0.1) is 17.3 Å². The minimum absolute atomic E-state index is 0.203. The Balaban J connectivity index is 2.23. The maximum absolute atomic E-state index is 11.5. The van der Waals surface area contributed by atoms with Gasteiger partial charge in [0.25, 0.3) is 0 Å². The molecule has 0 radical (unpaired) electrons. The number of carbonyl (C=O) groups is 2. The van der Waals surface area contributed by atoms with Crippen LogP contribution in [0.15, 0.2) is 0 Å². The number of carboxylic acids is 2. The number of rotatable bonds is 2. The summed E-state index contributed by atoms with van der Waals surface area (Å²) in [6, 6.07) is 0. The van der Waals surface area contributed by atoms with Crippen LogP contribution in [0.2, 0.25) is 0 Å². The molecule has 2 aliphatic carbocycles. The number of carboxylic acid groups (broad SMARTS) is 2. The molecular weight excluding hydrogens is 208 g/mol. The highest BCUT2D eigenvalue weighted by molar-refractivity contribution is 5.78. The second-order valence-corrected chi connectivity index (χ2v) is 5.22. The second kappa shape index (κ2) is 4.07. The molecule has 2 N–H and O–H groups in total. The van der Waals surface area contributed by atoms with Crippen molar-refractivity contribution >= 4 is 11.9 Å². The summed E-state index contributed by atoms with van der Waals surface area (Å²) >= 11 is 0. The Hall–Kier alpha value is -1.06. The Morgan fingerprint density at radius 1 is 1.06 bits per heavy atom. The first kappa shape index (κ1) is 11.4. The highest BCUT2D eigenvalue weighted by atomic mass is 16.4. The lowest BCUT2D eigenvalue weighted by Gasteiger charge is -2.46. The van der Waals surface area contributed by atoms with Gasteiger partial charge in [-0.25, -0.2) is 0 Å². The van der Waals surface area contributed by atoms with Crippen molar-refractivity contribution in [2.75, 3.05) is 0 Å². The molecule has 4 heteroatoms. The quantitative estimate of drug-likeness (QED) is 0.756. The fraction of sp³-hybridized carbons (Fsp3) is 0.833. The molecular formula is C12H18O4. The summed E-state index contributed by atoms with van der Waals surface area (Å²) in [5, 5.41) is 18.5. The predicted molar refractivity (Wildman–Crippen MR) is 57.0 cm³/mol. The van der Waals surface area contributed by atoms with Crippen LogP contribution in [-0.2, 0) is 9.59 Å². The zero-order valence-electron chi connectivity index (χ0n) is 9.32. The third-order valence-electron chi connectivity index (χ3n) is 4.46. The lowest BCUT2D eigenvalue weighted by Crippen LogP contribution is -2.46. The predicted octanol–water partition coefficient (Wildman–Crippen LogP) is 2.13. The van der Waals surface area contributed by atoms with Crippen molar-refractivity contribution < 1.29 is 19.8 Å². The van der Waals surface area contributed by atoms with Gasteiger partial charge in [0.2, 0.25) is 0 Å². The monoisotopic (exact) mass is 226 g/mol. The third-order valence-corrected chi connectivity index (χ3v) is 4.46. The summed E-state index contributed by atoms with van der Waals surface area (Å²) in [7, 11) is 0. The second-order valence-electron chi connectivity index (χ2n) is 5.22. The molecule has 2 aliphatic rings. The van der Waals surface area contributed by atoms with E-state index in [9.17, 15) is 14.7 Å². The molecule has 0 bridgehead atoms. The van der Waals surface area contributed by atoms with Crippen molar-refractivity contribution in [3.05, 3.63) is 0 Å². The summed E-state index contributed by atoms with van der Waals surface area (Å²) < 4.78 is 0. The lowest BCUT2D eigenvalue weighted by atomic mass is 9.57. The minimum atomic E-state index is -0.829. The van der Waals surface area contributed by atoms with Gasteiger partial charge in [0.1, 0.15) is 0 Å². The van der Waals surface area contributed by atoms with Crippen molar-refractivity contribution in [3.63, 3.8) is 0 Å². The van der Waals surface area contributed by atoms with Crippen LogP contribution in [0.5, 0.6) is 0 Å². The molecule has 0 aromatic rings. The molecule has 3 unspecified atom stereocenters. The number of hydrogen-bond acceptors (Lipinski definition) is 2. The molecule has 0 spiro atoms. The van der Waals surface area contributed by atoms with Crippen molar-refractivity contribution in [1.29, 1.82) is 0 Å². The molecule has 4 nitrogen and oxygen atoms in total. The molecule has 90 valence electrons. The Morgan fingerprint density at radius 3 is 2.44 bits per heavy atom. The molecule has 0 saturated heterocycles. The van der Waals surface area contributed by atoms with Gasteiger partial charge in [0, 0.05) is 0 Å². The summed E-state index contributed by atoms with van der Waals surface area (Å²) in [4.78, 5) is 22.5. The molecule has 16 heavy (non-hydrogen) atoms. The average Bonchev–Trinajstić information content (AvgIpc) is 2.28. The van der Waals surface area contributed by atoms with E-state index in [-0.39, 0.29) is 5.92 Å². The normalized spacial score (nSPS) is 38.8. The van der Waals surface area contributed by atoms with Crippen molar-refractivity contribution in [2.24, 2.45) is 17.3 Å². The van der Waals surface area contributed by atoms with Crippen LogP contribution in [0.3, 0.4) is 0 Å². The smallest absolute Gasteiger partial charge is 0.309 e. The van der Waals surface area contributed by atoms with Gasteiger partial charge in [-0.3, -0.25) is 9.59 Å². The Morgan fingerprint density at radius 2 is 1.81 bits per heavy atom. The van der Waals surface area contributed by atoms with Gasteiger partial charge >= 0.3 is 11.9 Å². The van der Waals surface area contributed by atoms with E-state index in [1.165, 1.54) is 0 Å². The van der Waals surface area contributed by atoms with Gasteiger partial charge in [-0.1, -0.05) is 12.8 Å².